The number of hydrogen-bond acceptors (Lipinski definition) is 2. The van der Waals surface area contributed by atoms with Crippen molar-refractivity contribution in [2.45, 2.75) is 172 Å². The second kappa shape index (κ2) is 31.1. The third-order valence-electron chi connectivity index (χ3n) is 17.3. The highest BCUT2D eigenvalue weighted by atomic mass is 19.4. The van der Waals surface area contributed by atoms with Gasteiger partial charge in [0.25, 0.3) is 0 Å². The molecule has 0 aliphatic heterocycles. The highest BCUT2D eigenvalue weighted by Gasteiger charge is 2.53. The average molecular weight is 1150 g/mol. The van der Waals surface area contributed by atoms with Crippen molar-refractivity contribution in [2.75, 3.05) is 0 Å². The Morgan fingerprint density at radius 2 is 0.671 bits per heavy atom. The van der Waals surface area contributed by atoms with E-state index >= 15 is 0 Å². The van der Waals surface area contributed by atoms with Crippen LogP contribution in [0.1, 0.15) is 163 Å². The summed E-state index contributed by atoms with van der Waals surface area (Å²) in [5.41, 5.74) is 24.7. The van der Waals surface area contributed by atoms with E-state index in [0.717, 1.165) is 56.0 Å². The van der Waals surface area contributed by atoms with Gasteiger partial charge in [-0.2, -0.15) is 13.2 Å². The molecule has 0 radical (unpaired) electrons. The molecule has 0 amide bonds. The van der Waals surface area contributed by atoms with Crippen LogP contribution in [0.3, 0.4) is 0 Å². The normalized spacial score (nSPS) is 13.3. The monoisotopic (exact) mass is 1150 g/mol. The zero-order valence-electron chi connectivity index (χ0n) is 53.6. The van der Waals surface area contributed by atoms with Crippen molar-refractivity contribution < 1.29 is 22.7 Å². The Bertz CT molecular complexity index is 3430. The van der Waals surface area contributed by atoms with Gasteiger partial charge < -0.3 is 4.74 Å². The van der Waals surface area contributed by atoms with E-state index in [1.54, 1.807) is 36.4 Å². The van der Waals surface area contributed by atoms with Crippen LogP contribution in [-0.2, 0) is 5.41 Å². The molecule has 8 aromatic carbocycles. The van der Waals surface area contributed by atoms with E-state index in [-0.39, 0.29) is 31.8 Å². The number of halogens is 3. The number of allylic oxidation sites excluding steroid dienone is 3. The summed E-state index contributed by atoms with van der Waals surface area (Å²) in [5.74, 6) is 3.12. The number of rotatable bonds is 7. The van der Waals surface area contributed by atoms with Crippen molar-refractivity contribution in [1.29, 1.82) is 0 Å². The number of ether oxygens (including phenoxy) is 1. The van der Waals surface area contributed by atoms with Crippen LogP contribution in [0.25, 0.3) is 11.1 Å². The second-order valence-electron chi connectivity index (χ2n) is 23.8. The van der Waals surface area contributed by atoms with Gasteiger partial charge >= 0.3 is 6.18 Å². The maximum Gasteiger partial charge on any atom is 0.402 e. The fraction of sp³-hybridized carbons (Fsp3) is 0.338. The average Bonchev–Trinajstić information content (AvgIpc) is 3.47. The maximum absolute atomic E-state index is 13.9. The third-order valence-corrected chi connectivity index (χ3v) is 17.3. The zero-order chi connectivity index (χ0) is 61.8. The smallest absolute Gasteiger partial charge is 0.402 e. The Morgan fingerprint density at radius 1 is 0.365 bits per heavy atom. The second-order valence-corrected chi connectivity index (χ2v) is 23.8. The minimum atomic E-state index is -4.36. The quantitative estimate of drug-likeness (QED) is 0.149. The lowest BCUT2D eigenvalue weighted by Crippen LogP contribution is -2.40. The molecular formula is C80H99F3O2. The number of benzene rings is 8. The molecule has 5 heteroatoms. The first-order valence-corrected chi connectivity index (χ1v) is 29.1. The number of aryl methyl sites for hydroxylation is 18. The van der Waals surface area contributed by atoms with Gasteiger partial charge in [0.1, 0.15) is 16.9 Å². The maximum atomic E-state index is 13.9. The number of alkyl halides is 3. The summed E-state index contributed by atoms with van der Waals surface area (Å²) in [6.07, 6.45) is 2.11. The Morgan fingerprint density at radius 3 is 0.988 bits per heavy atom. The van der Waals surface area contributed by atoms with Crippen LogP contribution in [-0.4, -0.2) is 12.0 Å². The van der Waals surface area contributed by atoms with Gasteiger partial charge in [0.15, 0.2) is 5.78 Å². The van der Waals surface area contributed by atoms with E-state index in [9.17, 15) is 18.0 Å². The lowest BCUT2D eigenvalue weighted by molar-refractivity contribution is -0.173. The highest BCUT2D eigenvalue weighted by Crippen LogP contribution is 2.47. The van der Waals surface area contributed by atoms with Crippen LogP contribution in [0.15, 0.2) is 164 Å². The van der Waals surface area contributed by atoms with E-state index < -0.39 is 11.6 Å². The summed E-state index contributed by atoms with van der Waals surface area (Å²) in [4.78, 5) is 12.4. The van der Waals surface area contributed by atoms with Gasteiger partial charge in [-0.25, -0.2) is 0 Å². The summed E-state index contributed by atoms with van der Waals surface area (Å²) >= 11 is 0. The number of hydrogen-bond donors (Lipinski definition) is 0. The van der Waals surface area contributed by atoms with Crippen molar-refractivity contribution in [3.8, 4) is 16.9 Å². The molecule has 0 spiro atoms. The van der Waals surface area contributed by atoms with E-state index in [1.807, 2.05) is 84.0 Å². The van der Waals surface area contributed by atoms with Gasteiger partial charge in [-0.15, -0.1) is 0 Å². The molecule has 0 saturated carbocycles. The van der Waals surface area contributed by atoms with Gasteiger partial charge in [0, 0.05) is 11.1 Å². The first-order chi connectivity index (χ1) is 38.8. The van der Waals surface area contributed by atoms with Crippen molar-refractivity contribution in [1.82, 2.24) is 0 Å². The third kappa shape index (κ3) is 19.0. The van der Waals surface area contributed by atoms with E-state index in [2.05, 4.69) is 176 Å². The summed E-state index contributed by atoms with van der Waals surface area (Å²) in [7, 11) is 0. The van der Waals surface area contributed by atoms with Crippen LogP contribution < -0.4 is 4.74 Å². The van der Waals surface area contributed by atoms with Gasteiger partial charge in [-0.1, -0.05) is 150 Å². The molecule has 0 heterocycles. The van der Waals surface area contributed by atoms with Crippen molar-refractivity contribution in [2.24, 2.45) is 11.8 Å². The Balaban J connectivity index is 0.000000281. The number of carbonyl (C=O) groups is 1. The lowest BCUT2D eigenvalue weighted by atomic mass is 9.74. The molecule has 1 aliphatic carbocycles. The molecule has 0 aromatic heterocycles. The topological polar surface area (TPSA) is 26.3 Å². The molecule has 85 heavy (non-hydrogen) atoms. The lowest BCUT2D eigenvalue weighted by Gasteiger charge is -2.34. The molecule has 2 unspecified atom stereocenters. The molecule has 0 bridgehead atoms. The Labute approximate surface area is 512 Å². The fourth-order valence-electron chi connectivity index (χ4n) is 9.35. The number of ketones is 1. The molecule has 0 fully saturated rings. The van der Waals surface area contributed by atoms with Gasteiger partial charge in [-0.3, -0.25) is 4.79 Å². The first-order valence-electron chi connectivity index (χ1n) is 29.1. The van der Waals surface area contributed by atoms with Crippen LogP contribution >= 0.6 is 0 Å². The minimum Gasteiger partial charge on any atom is -0.458 e. The molecule has 0 saturated heterocycles. The SMILES string of the molecule is C.C.Cc1cc(C)c(C)cc1C.Cc1ccc(-c2ccc(C)c(C)c2)cc1C.Cc1ccc(C(=O)c2ccc(C)c(C)c2)cc1C.Cc1ccc(C(C)(c2ccc(C)c(C)c2)C(F)(F)F)cc1C.Cc1ccc(OC2=CC(C)C(C)C=C2)cc1C. The largest absolute Gasteiger partial charge is 0.458 e. The standard InChI is InChI=1S/C19H21F3.C17H18O.C16H20O.C16H18.C10H14.2CH4/c1-12-6-8-16(10-14(12)3)18(5,19(20,21)22)17-9-7-13(2)15(4)11-17;1-11-5-7-15(9-13(11)3)17(18)16-8-6-12(2)14(4)10-16;1-11-5-7-15(9-13(11)3)17-16-8-6-12(2)14(4)10-16;1-11-5-7-15(9-13(11)3)16-8-6-12(2)14(4)10-16;1-7-5-9(3)10(4)6-8(7)2;;/h6-11H,1-5H3;5-10H,1-4H3;5-11,13H,1-4H3;5-10H,1-4H3;5-6H,1-4H3;2*1H4. The minimum absolute atomic E-state index is 0. The zero-order valence-corrected chi connectivity index (χ0v) is 53.6. The predicted octanol–water partition coefficient (Wildman–Crippen LogP) is 23.1. The first kappa shape index (κ1) is 71.8. The van der Waals surface area contributed by atoms with Gasteiger partial charge in [0.2, 0.25) is 0 Å². The van der Waals surface area contributed by atoms with Crippen LogP contribution in [0, 0.1) is 136 Å². The van der Waals surface area contributed by atoms with E-state index in [1.165, 1.54) is 84.8 Å². The molecule has 0 N–H and O–H groups in total. The Kier molecular flexibility index (Phi) is 26.2. The summed E-state index contributed by atoms with van der Waals surface area (Å²) in [6, 6.07) is 45.8. The van der Waals surface area contributed by atoms with Gasteiger partial charge in [-0.05, 0) is 302 Å². The summed E-state index contributed by atoms with van der Waals surface area (Å²) in [6.45, 7) is 42.9. The van der Waals surface area contributed by atoms with E-state index in [4.69, 9.17) is 4.74 Å². The molecule has 8 aromatic rings. The van der Waals surface area contributed by atoms with Crippen LogP contribution in [0.5, 0.6) is 5.75 Å². The summed E-state index contributed by atoms with van der Waals surface area (Å²) in [5, 5.41) is 0. The highest BCUT2D eigenvalue weighted by molar-refractivity contribution is 6.09. The fourth-order valence-corrected chi connectivity index (χ4v) is 9.35. The molecular weight excluding hydrogens is 1050 g/mol. The predicted molar refractivity (Wildman–Crippen MR) is 361 cm³/mol. The Hall–Kier alpha value is -7.50. The van der Waals surface area contributed by atoms with Crippen molar-refractivity contribution >= 4 is 5.78 Å². The molecule has 1 aliphatic rings. The van der Waals surface area contributed by atoms with Gasteiger partial charge in [0.05, 0.1) is 0 Å². The molecule has 452 valence electrons. The van der Waals surface area contributed by atoms with Crippen molar-refractivity contribution in [3.05, 3.63) is 286 Å². The van der Waals surface area contributed by atoms with E-state index in [0.29, 0.717) is 11.8 Å². The van der Waals surface area contributed by atoms with Crippen LogP contribution in [0.4, 0.5) is 13.2 Å². The van der Waals surface area contributed by atoms with Crippen molar-refractivity contribution in [3.63, 3.8) is 0 Å². The summed E-state index contributed by atoms with van der Waals surface area (Å²) < 4.78 is 47.7. The molecule has 2 nitrogen and oxygen atoms in total. The van der Waals surface area contributed by atoms with Crippen LogP contribution in [0.2, 0.25) is 0 Å². The molecule has 9 rings (SSSR count). The number of carbonyl (C=O) groups excluding carboxylic acids is 1. The molecule has 2 atom stereocenters.